The van der Waals surface area contributed by atoms with Crippen LogP contribution in [-0.2, 0) is 11.3 Å². The number of anilines is 1. The van der Waals surface area contributed by atoms with E-state index in [0.717, 1.165) is 13.0 Å². The first-order valence-electron chi connectivity index (χ1n) is 6.45. The van der Waals surface area contributed by atoms with Gasteiger partial charge in [-0.15, -0.1) is 5.10 Å². The van der Waals surface area contributed by atoms with Crippen LogP contribution in [0.5, 0.6) is 0 Å². The first-order chi connectivity index (χ1) is 8.74. The third-order valence-corrected chi connectivity index (χ3v) is 2.79. The average Bonchev–Trinajstić information content (AvgIpc) is 2.56. The van der Waals surface area contributed by atoms with Crippen LogP contribution in [0, 0.1) is 5.92 Å². The second-order valence-electron chi connectivity index (χ2n) is 6.05. The lowest BCUT2D eigenvalue weighted by atomic mass is 9.98. The summed E-state index contributed by atoms with van der Waals surface area (Å²) < 4.78 is 6.91. The van der Waals surface area contributed by atoms with Crippen molar-refractivity contribution in [1.29, 1.82) is 0 Å². The monoisotopic (exact) mass is 267 g/mol. The molecule has 7 heteroatoms. The molecule has 2 rings (SSSR count). The molecule has 0 bridgehead atoms. The van der Waals surface area contributed by atoms with Gasteiger partial charge in [-0.3, -0.25) is 5.32 Å². The van der Waals surface area contributed by atoms with E-state index < -0.39 is 11.7 Å². The zero-order chi connectivity index (χ0) is 14.2. The Labute approximate surface area is 112 Å². The smallest absolute Gasteiger partial charge is 0.414 e. The predicted octanol–water partition coefficient (Wildman–Crippen LogP) is 1.66. The van der Waals surface area contributed by atoms with Crippen molar-refractivity contribution in [2.45, 2.75) is 52.3 Å². The number of hydrogen-bond donors (Lipinski definition) is 2. The van der Waals surface area contributed by atoms with Crippen molar-refractivity contribution in [2.75, 3.05) is 5.32 Å². The maximum absolute atomic E-state index is 11.6. The van der Waals surface area contributed by atoms with Gasteiger partial charge < -0.3 is 10.5 Å². The Kier molecular flexibility index (Phi) is 3.49. The van der Waals surface area contributed by atoms with E-state index in [1.165, 1.54) is 0 Å². The van der Waals surface area contributed by atoms with Crippen molar-refractivity contribution in [2.24, 2.45) is 11.7 Å². The second kappa shape index (κ2) is 4.80. The molecule has 1 aliphatic rings. The normalized spacial score (nSPS) is 22.8. The quantitative estimate of drug-likeness (QED) is 0.807. The Bertz CT molecular complexity index is 477. The van der Waals surface area contributed by atoms with Gasteiger partial charge in [0.25, 0.3) is 5.95 Å². The fourth-order valence-electron chi connectivity index (χ4n) is 2.12. The molecule has 106 valence electrons. The van der Waals surface area contributed by atoms with E-state index in [9.17, 15) is 4.79 Å². The van der Waals surface area contributed by atoms with Crippen molar-refractivity contribution in [1.82, 2.24) is 14.8 Å². The van der Waals surface area contributed by atoms with Gasteiger partial charge in [-0.05, 0) is 33.1 Å². The lowest BCUT2D eigenvalue weighted by Gasteiger charge is -2.23. The predicted molar refractivity (Wildman–Crippen MR) is 70.6 cm³/mol. The highest BCUT2D eigenvalue weighted by molar-refractivity contribution is 5.82. The molecule has 19 heavy (non-hydrogen) atoms. The Morgan fingerprint density at radius 1 is 1.53 bits per heavy atom. The van der Waals surface area contributed by atoms with Gasteiger partial charge in [-0.25, -0.2) is 9.48 Å². The SMILES string of the molecule is CC1CC(N)c2nc(NC(=O)OC(C)(C)C)nn2C1. The average molecular weight is 267 g/mol. The third kappa shape index (κ3) is 3.44. The van der Waals surface area contributed by atoms with Crippen LogP contribution in [0.1, 0.15) is 46.0 Å². The minimum Gasteiger partial charge on any atom is -0.444 e. The Morgan fingerprint density at radius 2 is 2.21 bits per heavy atom. The zero-order valence-electron chi connectivity index (χ0n) is 11.8. The van der Waals surface area contributed by atoms with Crippen molar-refractivity contribution in [3.63, 3.8) is 0 Å². The molecule has 1 aromatic heterocycles. The molecule has 0 aliphatic carbocycles. The number of ether oxygens (including phenoxy) is 1. The van der Waals surface area contributed by atoms with E-state index in [2.05, 4.69) is 22.3 Å². The van der Waals surface area contributed by atoms with Crippen LogP contribution < -0.4 is 11.1 Å². The van der Waals surface area contributed by atoms with Crippen LogP contribution in [0.2, 0.25) is 0 Å². The number of nitrogens with two attached hydrogens (primary N) is 1. The molecule has 0 aromatic carbocycles. The van der Waals surface area contributed by atoms with Crippen LogP contribution in [-0.4, -0.2) is 26.5 Å². The summed E-state index contributed by atoms with van der Waals surface area (Å²) in [7, 11) is 0. The summed E-state index contributed by atoms with van der Waals surface area (Å²) in [6, 6.07) is -0.134. The highest BCUT2D eigenvalue weighted by Gasteiger charge is 2.26. The minimum atomic E-state index is -0.558. The van der Waals surface area contributed by atoms with Crippen LogP contribution in [0.3, 0.4) is 0 Å². The molecule has 0 saturated carbocycles. The first-order valence-corrected chi connectivity index (χ1v) is 6.45. The first kappa shape index (κ1) is 13.8. The molecule has 1 amide bonds. The maximum Gasteiger partial charge on any atom is 0.414 e. The number of hydrogen-bond acceptors (Lipinski definition) is 5. The highest BCUT2D eigenvalue weighted by Crippen LogP contribution is 2.25. The number of nitrogens with zero attached hydrogens (tertiary/aromatic N) is 3. The maximum atomic E-state index is 11.6. The zero-order valence-corrected chi connectivity index (χ0v) is 11.8. The molecule has 2 heterocycles. The van der Waals surface area contributed by atoms with E-state index >= 15 is 0 Å². The summed E-state index contributed by atoms with van der Waals surface area (Å²) >= 11 is 0. The van der Waals surface area contributed by atoms with Gasteiger partial charge in [-0.2, -0.15) is 4.98 Å². The number of carbonyl (C=O) groups is 1. The van der Waals surface area contributed by atoms with Crippen molar-refractivity contribution in [3.8, 4) is 0 Å². The minimum absolute atomic E-state index is 0.134. The summed E-state index contributed by atoms with van der Waals surface area (Å²) in [4.78, 5) is 15.9. The van der Waals surface area contributed by atoms with Gasteiger partial charge in [0, 0.05) is 6.54 Å². The van der Waals surface area contributed by atoms with Crippen LogP contribution in [0.4, 0.5) is 10.7 Å². The van der Waals surface area contributed by atoms with Gasteiger partial charge >= 0.3 is 6.09 Å². The summed E-state index contributed by atoms with van der Waals surface area (Å²) in [5.41, 5.74) is 5.47. The topological polar surface area (TPSA) is 95.1 Å². The van der Waals surface area contributed by atoms with E-state index in [4.69, 9.17) is 10.5 Å². The Balaban J connectivity index is 2.07. The van der Waals surface area contributed by atoms with Crippen molar-refractivity contribution >= 4 is 12.0 Å². The van der Waals surface area contributed by atoms with E-state index in [-0.39, 0.29) is 12.0 Å². The summed E-state index contributed by atoms with van der Waals surface area (Å²) in [6.07, 6.45) is 0.321. The molecular weight excluding hydrogens is 246 g/mol. The number of carbonyl (C=O) groups excluding carboxylic acids is 1. The fourth-order valence-corrected chi connectivity index (χ4v) is 2.12. The standard InChI is InChI=1S/C12H21N5O2/c1-7-5-8(13)9-14-10(16-17(9)6-7)15-11(18)19-12(2,3)4/h7-8H,5-6,13H2,1-4H3,(H,15,16,18). The number of amides is 1. The largest absolute Gasteiger partial charge is 0.444 e. The molecular formula is C12H21N5O2. The summed E-state index contributed by atoms with van der Waals surface area (Å²) in [5.74, 6) is 1.41. The van der Waals surface area contributed by atoms with Gasteiger partial charge in [0.1, 0.15) is 11.4 Å². The molecule has 0 radical (unpaired) electrons. The van der Waals surface area contributed by atoms with E-state index in [1.807, 2.05) is 0 Å². The Hall–Kier alpha value is -1.63. The third-order valence-electron chi connectivity index (χ3n) is 2.79. The Morgan fingerprint density at radius 3 is 2.84 bits per heavy atom. The molecule has 7 nitrogen and oxygen atoms in total. The number of rotatable bonds is 1. The van der Waals surface area contributed by atoms with E-state index in [1.54, 1.807) is 25.5 Å². The number of aromatic nitrogens is 3. The summed E-state index contributed by atoms with van der Waals surface area (Å²) in [5, 5.41) is 6.77. The second-order valence-corrected chi connectivity index (χ2v) is 6.05. The molecule has 1 aromatic rings. The fraction of sp³-hybridized carbons (Fsp3) is 0.750. The summed E-state index contributed by atoms with van der Waals surface area (Å²) in [6.45, 7) is 8.29. The molecule has 2 atom stereocenters. The lowest BCUT2D eigenvalue weighted by molar-refractivity contribution is 0.0634. The molecule has 0 fully saturated rings. The molecule has 0 spiro atoms. The molecule has 0 saturated heterocycles. The molecule has 1 aliphatic heterocycles. The highest BCUT2D eigenvalue weighted by atomic mass is 16.6. The van der Waals surface area contributed by atoms with Crippen LogP contribution in [0.15, 0.2) is 0 Å². The number of fused-ring (bicyclic) bond motifs is 1. The van der Waals surface area contributed by atoms with Crippen molar-refractivity contribution < 1.29 is 9.53 Å². The lowest BCUT2D eigenvalue weighted by Crippen LogP contribution is -2.27. The van der Waals surface area contributed by atoms with Gasteiger partial charge in [0.05, 0.1) is 6.04 Å². The molecule has 2 unspecified atom stereocenters. The van der Waals surface area contributed by atoms with Gasteiger partial charge in [0.2, 0.25) is 0 Å². The van der Waals surface area contributed by atoms with Crippen molar-refractivity contribution in [3.05, 3.63) is 5.82 Å². The van der Waals surface area contributed by atoms with Crippen LogP contribution in [0.25, 0.3) is 0 Å². The van der Waals surface area contributed by atoms with E-state index in [0.29, 0.717) is 11.7 Å². The molecule has 3 N–H and O–H groups in total. The number of nitrogens with one attached hydrogen (secondary N) is 1. The van der Waals surface area contributed by atoms with Gasteiger partial charge in [-0.1, -0.05) is 6.92 Å². The van der Waals surface area contributed by atoms with Gasteiger partial charge in [0.15, 0.2) is 0 Å². The van der Waals surface area contributed by atoms with Crippen LogP contribution >= 0.6 is 0 Å².